The molecule has 8 nitrogen and oxygen atoms in total. The number of nitrogens with zero attached hydrogens (tertiary/aromatic N) is 3. The number of benzene rings is 3. The van der Waals surface area contributed by atoms with E-state index in [-0.39, 0.29) is 34.6 Å². The molecule has 0 spiro atoms. The van der Waals surface area contributed by atoms with Gasteiger partial charge in [-0.3, -0.25) is 4.90 Å². The average Bonchev–Trinajstić information content (AvgIpc) is 3.56. The summed E-state index contributed by atoms with van der Waals surface area (Å²) in [5.41, 5.74) is 1.79. The first-order chi connectivity index (χ1) is 20.7. The Hall–Kier alpha value is -3.38. The van der Waals surface area contributed by atoms with Crippen LogP contribution in [0.1, 0.15) is 36.9 Å². The number of likely N-dealkylation sites (tertiary alicyclic amines) is 1. The number of piperidine rings is 1. The summed E-state index contributed by atoms with van der Waals surface area (Å²) in [6, 6.07) is 17.8. The summed E-state index contributed by atoms with van der Waals surface area (Å²) in [6.45, 7) is 3.65. The molecule has 1 aliphatic rings. The fourth-order valence-electron chi connectivity index (χ4n) is 5.15. The van der Waals surface area contributed by atoms with Crippen LogP contribution in [0, 0.1) is 5.82 Å². The van der Waals surface area contributed by atoms with Crippen LogP contribution >= 0.6 is 22.9 Å². The predicted octanol–water partition coefficient (Wildman–Crippen LogP) is 6.95. The first-order valence-corrected chi connectivity index (χ1v) is 16.5. The third kappa shape index (κ3) is 6.90. The molecule has 43 heavy (non-hydrogen) atoms. The molecule has 3 aromatic carbocycles. The number of hydrogen-bond acceptors (Lipinski definition) is 8. The van der Waals surface area contributed by atoms with Crippen molar-refractivity contribution in [3.63, 3.8) is 0 Å². The quantitative estimate of drug-likeness (QED) is 0.175. The first kappa shape index (κ1) is 31.1. The van der Waals surface area contributed by atoms with E-state index in [0.29, 0.717) is 17.1 Å². The Bertz CT molecular complexity index is 1630. The summed E-state index contributed by atoms with van der Waals surface area (Å²) in [5, 5.41) is 1.83. The molecule has 1 unspecified atom stereocenters. The highest BCUT2D eigenvalue weighted by Gasteiger charge is 2.32. The first-order valence-electron chi connectivity index (χ1n) is 13.8. The molecule has 1 atom stereocenters. The Morgan fingerprint density at radius 3 is 2.47 bits per heavy atom. The van der Waals surface area contributed by atoms with E-state index in [4.69, 9.17) is 25.8 Å². The van der Waals surface area contributed by atoms with Crippen LogP contribution < -0.4 is 18.5 Å². The molecule has 0 amide bonds. The van der Waals surface area contributed by atoms with E-state index in [0.717, 1.165) is 53.7 Å². The Morgan fingerprint density at radius 2 is 1.81 bits per heavy atom. The van der Waals surface area contributed by atoms with Crippen molar-refractivity contribution in [1.29, 1.82) is 0 Å². The molecular formula is C31H33ClFN3O5S2. The van der Waals surface area contributed by atoms with Gasteiger partial charge in [-0.25, -0.2) is 22.1 Å². The van der Waals surface area contributed by atoms with Crippen molar-refractivity contribution < 1.29 is 27.0 Å². The predicted molar refractivity (Wildman–Crippen MR) is 167 cm³/mol. The van der Waals surface area contributed by atoms with Gasteiger partial charge in [-0.05, 0) is 43.5 Å². The SMILES string of the molecule is COc1ccc(CN(c2nccs2)S(=O)(=O)c2cc(Cl)c(OC3CCN(C(C)c4ccccc4)CC3)cc2F)c(OC)c1. The van der Waals surface area contributed by atoms with Crippen molar-refractivity contribution in [2.75, 3.05) is 31.6 Å². The fraction of sp³-hybridized carbons (Fsp3) is 0.323. The average molecular weight is 646 g/mol. The lowest BCUT2D eigenvalue weighted by Gasteiger charge is -2.36. The van der Waals surface area contributed by atoms with E-state index in [1.807, 2.05) is 18.2 Å². The van der Waals surface area contributed by atoms with Gasteiger partial charge in [0.05, 0.1) is 25.8 Å². The molecule has 12 heteroatoms. The minimum Gasteiger partial charge on any atom is -0.497 e. The van der Waals surface area contributed by atoms with Gasteiger partial charge in [-0.15, -0.1) is 11.3 Å². The van der Waals surface area contributed by atoms with Gasteiger partial charge in [0.2, 0.25) is 0 Å². The highest BCUT2D eigenvalue weighted by Crippen LogP contribution is 2.37. The second-order valence-electron chi connectivity index (χ2n) is 10.2. The lowest BCUT2D eigenvalue weighted by atomic mass is 10.0. The monoisotopic (exact) mass is 645 g/mol. The molecule has 0 N–H and O–H groups in total. The molecule has 0 radical (unpaired) electrons. The van der Waals surface area contributed by atoms with Crippen LogP contribution in [-0.2, 0) is 16.6 Å². The highest BCUT2D eigenvalue weighted by atomic mass is 35.5. The number of thiazole rings is 1. The van der Waals surface area contributed by atoms with Crippen LogP contribution in [0.4, 0.5) is 9.52 Å². The van der Waals surface area contributed by atoms with Gasteiger partial charge in [0.15, 0.2) is 5.13 Å². The molecular weight excluding hydrogens is 613 g/mol. The molecule has 2 heterocycles. The molecule has 5 rings (SSSR count). The Morgan fingerprint density at radius 1 is 1.07 bits per heavy atom. The summed E-state index contributed by atoms with van der Waals surface area (Å²) in [7, 11) is -1.43. The second-order valence-corrected chi connectivity index (χ2v) is 13.3. The topological polar surface area (TPSA) is 81.2 Å². The Labute approximate surface area is 260 Å². The summed E-state index contributed by atoms with van der Waals surface area (Å²) in [5.74, 6) is 0.125. The van der Waals surface area contributed by atoms with Gasteiger partial charge >= 0.3 is 0 Å². The zero-order valence-electron chi connectivity index (χ0n) is 24.1. The molecule has 1 saturated heterocycles. The number of sulfonamides is 1. The summed E-state index contributed by atoms with van der Waals surface area (Å²) in [6.07, 6.45) is 2.78. The minimum absolute atomic E-state index is 0.0150. The summed E-state index contributed by atoms with van der Waals surface area (Å²) >= 11 is 7.64. The standard InChI is InChI=1S/C31H33ClFN3O5S2/c1-21(22-7-5-4-6-8-22)35-14-11-24(12-15-35)41-29-19-27(33)30(18-26(29)32)43(37,38)36(31-34-13-16-42-31)20-23-9-10-25(39-2)17-28(23)40-3/h4-10,13,16-19,21,24H,11-12,14-15,20H2,1-3H3. The van der Waals surface area contributed by atoms with E-state index in [1.165, 1.54) is 26.0 Å². The maximum Gasteiger partial charge on any atom is 0.269 e. The molecule has 1 fully saturated rings. The molecule has 4 aromatic rings. The van der Waals surface area contributed by atoms with Crippen molar-refractivity contribution in [1.82, 2.24) is 9.88 Å². The van der Waals surface area contributed by atoms with Crippen molar-refractivity contribution in [3.05, 3.63) is 94.2 Å². The molecule has 0 aliphatic carbocycles. The zero-order chi connectivity index (χ0) is 30.6. The third-order valence-corrected chi connectivity index (χ3v) is 10.6. The van der Waals surface area contributed by atoms with Crippen LogP contribution in [0.25, 0.3) is 0 Å². The van der Waals surface area contributed by atoms with E-state index in [2.05, 4.69) is 28.9 Å². The van der Waals surface area contributed by atoms with Gasteiger partial charge in [-0.2, -0.15) is 0 Å². The summed E-state index contributed by atoms with van der Waals surface area (Å²) in [4.78, 5) is 6.01. The Balaban J connectivity index is 1.34. The minimum atomic E-state index is -4.44. The Kier molecular flexibility index (Phi) is 9.75. The van der Waals surface area contributed by atoms with Gasteiger partial charge in [0.1, 0.15) is 34.1 Å². The molecule has 0 bridgehead atoms. The lowest BCUT2D eigenvalue weighted by molar-refractivity contribution is 0.0795. The molecule has 0 saturated carbocycles. The summed E-state index contributed by atoms with van der Waals surface area (Å²) < 4.78 is 61.3. The van der Waals surface area contributed by atoms with Crippen LogP contribution in [0.3, 0.4) is 0 Å². The molecule has 1 aromatic heterocycles. The second kappa shape index (κ2) is 13.5. The fourth-order valence-corrected chi connectivity index (χ4v) is 7.77. The number of hydrogen-bond donors (Lipinski definition) is 0. The van der Waals surface area contributed by atoms with Crippen molar-refractivity contribution in [3.8, 4) is 17.2 Å². The van der Waals surface area contributed by atoms with Gasteiger partial charge in [-0.1, -0.05) is 41.9 Å². The van der Waals surface area contributed by atoms with Crippen LogP contribution in [0.2, 0.25) is 5.02 Å². The third-order valence-electron chi connectivity index (χ3n) is 7.60. The number of methoxy groups -OCH3 is 2. The van der Waals surface area contributed by atoms with Crippen LogP contribution in [0.5, 0.6) is 17.2 Å². The van der Waals surface area contributed by atoms with E-state index < -0.39 is 20.7 Å². The van der Waals surface area contributed by atoms with Crippen molar-refractivity contribution >= 4 is 38.1 Å². The normalized spacial score (nSPS) is 15.2. The largest absolute Gasteiger partial charge is 0.497 e. The van der Waals surface area contributed by atoms with Gasteiger partial charge in [0.25, 0.3) is 10.0 Å². The number of rotatable bonds is 11. The van der Waals surface area contributed by atoms with Crippen LogP contribution in [-0.4, -0.2) is 51.7 Å². The highest BCUT2D eigenvalue weighted by molar-refractivity contribution is 7.93. The number of ether oxygens (including phenoxy) is 3. The van der Waals surface area contributed by atoms with Gasteiger partial charge in [0, 0.05) is 48.4 Å². The lowest BCUT2D eigenvalue weighted by Crippen LogP contribution is -2.39. The van der Waals surface area contributed by atoms with Crippen molar-refractivity contribution in [2.45, 2.75) is 43.4 Å². The van der Waals surface area contributed by atoms with Gasteiger partial charge < -0.3 is 14.2 Å². The molecule has 228 valence electrons. The number of halogens is 2. The maximum atomic E-state index is 15.6. The number of anilines is 1. The number of aromatic nitrogens is 1. The smallest absolute Gasteiger partial charge is 0.269 e. The van der Waals surface area contributed by atoms with E-state index in [1.54, 1.807) is 23.6 Å². The van der Waals surface area contributed by atoms with Crippen LogP contribution in [0.15, 0.2) is 77.1 Å². The van der Waals surface area contributed by atoms with Crippen molar-refractivity contribution in [2.24, 2.45) is 0 Å². The zero-order valence-corrected chi connectivity index (χ0v) is 26.5. The van der Waals surface area contributed by atoms with E-state index >= 15 is 4.39 Å². The molecule has 1 aliphatic heterocycles. The van der Waals surface area contributed by atoms with E-state index in [9.17, 15) is 8.42 Å². The maximum absolute atomic E-state index is 15.6.